The summed E-state index contributed by atoms with van der Waals surface area (Å²) in [5, 5.41) is 9.60. The smallest absolute Gasteiger partial charge is 0.303 e. The number of benzene rings is 3. The highest BCUT2D eigenvalue weighted by molar-refractivity contribution is 7.89. The average molecular weight is 559 g/mol. The number of hydrogen-bond donors (Lipinski definition) is 2. The lowest BCUT2D eigenvalue weighted by Crippen LogP contribution is -2.26. The van der Waals surface area contributed by atoms with Crippen LogP contribution in [0.3, 0.4) is 0 Å². The van der Waals surface area contributed by atoms with Crippen molar-refractivity contribution in [1.82, 2.24) is 9.62 Å². The van der Waals surface area contributed by atoms with Gasteiger partial charge in [-0.25, -0.2) is 13.1 Å². The molecule has 0 aliphatic heterocycles. The lowest BCUT2D eigenvalue weighted by molar-refractivity contribution is -0.136. The maximum atomic E-state index is 12.6. The zero-order chi connectivity index (χ0) is 27.5. The average Bonchev–Trinajstić information content (AvgIpc) is 2.87. The second kappa shape index (κ2) is 14.3. The third kappa shape index (κ3) is 10.1. The van der Waals surface area contributed by atoms with Crippen LogP contribution in [0.25, 0.3) is 0 Å². The van der Waals surface area contributed by atoms with Crippen LogP contribution in [0.5, 0.6) is 5.75 Å². The number of aliphatic carboxylic acids is 1. The van der Waals surface area contributed by atoms with E-state index in [0.717, 1.165) is 41.8 Å². The SMILES string of the molecule is CN(C)CCOc1ccc(CCc2cc(CCNS(=O)(=O)c3ccc(Cl)cc3)cc(CCC(=O)O)c2)cc1. The second-order valence-corrected chi connectivity index (χ2v) is 11.7. The molecule has 3 aromatic carbocycles. The Morgan fingerprint density at radius 3 is 2.05 bits per heavy atom. The first-order chi connectivity index (χ1) is 18.1. The third-order valence-corrected chi connectivity index (χ3v) is 7.73. The molecule has 0 saturated heterocycles. The Hall–Kier alpha value is -2.91. The number of likely N-dealkylation sites (N-methyl/N-ethyl adjacent to an activating group) is 1. The quantitative estimate of drug-likeness (QED) is 0.283. The molecule has 0 bridgehead atoms. The summed E-state index contributed by atoms with van der Waals surface area (Å²) in [6, 6.07) is 20.2. The summed E-state index contributed by atoms with van der Waals surface area (Å²) in [5.74, 6) is -0.00447. The largest absolute Gasteiger partial charge is 0.492 e. The molecule has 0 aliphatic carbocycles. The van der Waals surface area contributed by atoms with Crippen molar-refractivity contribution in [3.63, 3.8) is 0 Å². The standard InChI is InChI=1S/C29H35ClN2O5S/c1-32(2)17-18-37-27-10-5-22(6-11-27)3-4-23-19-24(7-14-29(33)34)21-25(20-23)15-16-31-38(35,36)28-12-8-26(30)9-13-28/h5-6,8-13,19-21,31H,3-4,7,14-18H2,1-2H3,(H,33,34). The molecule has 0 atom stereocenters. The Labute approximate surface area is 230 Å². The van der Waals surface area contributed by atoms with Crippen LogP contribution >= 0.6 is 11.6 Å². The van der Waals surface area contributed by atoms with Crippen molar-refractivity contribution in [2.75, 3.05) is 33.8 Å². The molecule has 3 rings (SSSR count). The fourth-order valence-corrected chi connectivity index (χ4v) is 5.10. The second-order valence-electron chi connectivity index (χ2n) is 9.45. The Kier molecular flexibility index (Phi) is 11.2. The predicted octanol–water partition coefficient (Wildman–Crippen LogP) is 4.60. The summed E-state index contributed by atoms with van der Waals surface area (Å²) >= 11 is 5.86. The van der Waals surface area contributed by atoms with E-state index in [9.17, 15) is 13.2 Å². The van der Waals surface area contributed by atoms with E-state index in [2.05, 4.69) is 27.8 Å². The number of hydrogen-bond acceptors (Lipinski definition) is 5. The lowest BCUT2D eigenvalue weighted by atomic mass is 9.97. The van der Waals surface area contributed by atoms with Crippen molar-refractivity contribution >= 4 is 27.6 Å². The van der Waals surface area contributed by atoms with E-state index >= 15 is 0 Å². The van der Waals surface area contributed by atoms with Crippen LogP contribution in [0.15, 0.2) is 71.6 Å². The Bertz CT molecular complexity index is 1290. The molecular weight excluding hydrogens is 524 g/mol. The van der Waals surface area contributed by atoms with Gasteiger partial charge in [-0.05, 0) is 98.4 Å². The fourth-order valence-electron chi connectivity index (χ4n) is 3.94. The van der Waals surface area contributed by atoms with E-state index in [1.807, 2.05) is 38.4 Å². The van der Waals surface area contributed by atoms with Gasteiger partial charge < -0.3 is 14.7 Å². The van der Waals surface area contributed by atoms with Crippen LogP contribution < -0.4 is 9.46 Å². The highest BCUT2D eigenvalue weighted by atomic mass is 35.5. The molecule has 0 heterocycles. The number of halogens is 1. The first-order valence-corrected chi connectivity index (χ1v) is 14.4. The molecule has 2 N–H and O–H groups in total. The number of carboxylic acids is 1. The molecule has 7 nitrogen and oxygen atoms in total. The number of sulfonamides is 1. The van der Waals surface area contributed by atoms with Gasteiger partial charge in [0.25, 0.3) is 0 Å². The topological polar surface area (TPSA) is 95.9 Å². The number of carbonyl (C=O) groups is 1. The van der Waals surface area contributed by atoms with Gasteiger partial charge in [0.15, 0.2) is 0 Å². The van der Waals surface area contributed by atoms with Crippen molar-refractivity contribution in [3.05, 3.63) is 94.0 Å². The van der Waals surface area contributed by atoms with Gasteiger partial charge in [-0.15, -0.1) is 0 Å². The van der Waals surface area contributed by atoms with E-state index in [-0.39, 0.29) is 17.9 Å². The van der Waals surface area contributed by atoms with E-state index < -0.39 is 16.0 Å². The van der Waals surface area contributed by atoms with Crippen LogP contribution in [-0.2, 0) is 40.5 Å². The summed E-state index contributed by atoms with van der Waals surface area (Å²) < 4.78 is 33.6. The zero-order valence-electron chi connectivity index (χ0n) is 21.8. The predicted molar refractivity (Wildman–Crippen MR) is 151 cm³/mol. The van der Waals surface area contributed by atoms with Crippen LogP contribution in [0.1, 0.15) is 28.7 Å². The summed E-state index contributed by atoms with van der Waals surface area (Å²) in [6.07, 6.45) is 2.56. The molecule has 0 amide bonds. The highest BCUT2D eigenvalue weighted by Gasteiger charge is 2.13. The van der Waals surface area contributed by atoms with Gasteiger partial charge in [0, 0.05) is 24.5 Å². The van der Waals surface area contributed by atoms with Crippen LogP contribution in [0.2, 0.25) is 5.02 Å². The number of nitrogens with one attached hydrogen (secondary N) is 1. The number of aryl methyl sites for hydroxylation is 3. The number of nitrogens with zero attached hydrogens (tertiary/aromatic N) is 1. The zero-order valence-corrected chi connectivity index (χ0v) is 23.4. The Balaban J connectivity index is 1.63. The monoisotopic (exact) mass is 558 g/mol. The lowest BCUT2D eigenvalue weighted by Gasteiger charge is -2.12. The molecule has 0 fully saturated rings. The van der Waals surface area contributed by atoms with Crippen LogP contribution in [-0.4, -0.2) is 58.2 Å². The minimum absolute atomic E-state index is 0.0430. The summed E-state index contributed by atoms with van der Waals surface area (Å²) in [5.41, 5.74) is 4.17. The van der Waals surface area contributed by atoms with Crippen molar-refractivity contribution in [1.29, 1.82) is 0 Å². The van der Waals surface area contributed by atoms with Crippen molar-refractivity contribution < 1.29 is 23.1 Å². The summed E-state index contributed by atoms with van der Waals surface area (Å²) in [6.45, 7) is 1.71. The van der Waals surface area contributed by atoms with Gasteiger partial charge in [-0.3, -0.25) is 4.79 Å². The third-order valence-electron chi connectivity index (χ3n) is 6.00. The molecule has 0 saturated carbocycles. The molecule has 204 valence electrons. The molecule has 0 aromatic heterocycles. The summed E-state index contributed by atoms with van der Waals surface area (Å²) in [7, 11) is 0.369. The minimum Gasteiger partial charge on any atom is -0.492 e. The van der Waals surface area contributed by atoms with Gasteiger partial charge in [-0.1, -0.05) is 41.9 Å². The van der Waals surface area contributed by atoms with Gasteiger partial charge in [0.05, 0.1) is 4.90 Å². The maximum absolute atomic E-state index is 12.6. The van der Waals surface area contributed by atoms with Gasteiger partial charge in [-0.2, -0.15) is 0 Å². The van der Waals surface area contributed by atoms with Gasteiger partial charge in [0.2, 0.25) is 10.0 Å². The molecule has 0 spiro atoms. The van der Waals surface area contributed by atoms with Gasteiger partial charge >= 0.3 is 5.97 Å². The summed E-state index contributed by atoms with van der Waals surface area (Å²) in [4.78, 5) is 13.4. The first kappa shape index (κ1) is 29.6. The molecular formula is C29H35ClN2O5S. The molecule has 9 heteroatoms. The Morgan fingerprint density at radius 1 is 0.868 bits per heavy atom. The maximum Gasteiger partial charge on any atom is 0.303 e. The van der Waals surface area contributed by atoms with E-state index in [4.69, 9.17) is 21.4 Å². The molecule has 3 aromatic rings. The van der Waals surface area contributed by atoms with E-state index in [1.165, 1.54) is 17.7 Å². The van der Waals surface area contributed by atoms with Crippen LogP contribution in [0.4, 0.5) is 0 Å². The van der Waals surface area contributed by atoms with E-state index in [1.54, 1.807) is 12.1 Å². The molecule has 0 radical (unpaired) electrons. The fraction of sp³-hybridized carbons (Fsp3) is 0.345. The van der Waals surface area contributed by atoms with Crippen molar-refractivity contribution in [2.24, 2.45) is 0 Å². The number of carboxylic acid groups (broad SMARTS) is 1. The van der Waals surface area contributed by atoms with Crippen LogP contribution in [0, 0.1) is 0 Å². The van der Waals surface area contributed by atoms with Crippen molar-refractivity contribution in [2.45, 2.75) is 37.0 Å². The molecule has 0 unspecified atom stereocenters. The van der Waals surface area contributed by atoms with Crippen molar-refractivity contribution in [3.8, 4) is 5.75 Å². The molecule has 0 aliphatic rings. The highest BCUT2D eigenvalue weighted by Crippen LogP contribution is 2.18. The van der Waals surface area contributed by atoms with E-state index in [0.29, 0.717) is 24.5 Å². The number of rotatable bonds is 15. The Morgan fingerprint density at radius 2 is 1.45 bits per heavy atom. The first-order valence-electron chi connectivity index (χ1n) is 12.6. The minimum atomic E-state index is -3.65. The normalized spacial score (nSPS) is 11.6. The molecule has 38 heavy (non-hydrogen) atoms. The number of ether oxygens (including phenoxy) is 1. The van der Waals surface area contributed by atoms with Gasteiger partial charge in [0.1, 0.15) is 12.4 Å².